The molecule has 0 amide bonds. The highest BCUT2D eigenvalue weighted by Gasteiger charge is 2.33. The van der Waals surface area contributed by atoms with E-state index >= 15 is 0 Å². The fourth-order valence-corrected chi connectivity index (χ4v) is 4.71. The van der Waals surface area contributed by atoms with Crippen LogP contribution in [0.15, 0.2) is 0 Å². The smallest absolute Gasteiger partial charge is 0.0394 e. The van der Waals surface area contributed by atoms with Crippen LogP contribution in [0.4, 0.5) is 0 Å². The standard InChI is InChI=1S/C14H27NOS/c1-2-10-15-14(12-8-9-12)11-17(16)13-6-4-3-5-7-13/h12-15H,2-11H2,1H3. The third kappa shape index (κ3) is 4.36. The van der Waals surface area contributed by atoms with Crippen molar-refractivity contribution in [3.63, 3.8) is 0 Å². The van der Waals surface area contributed by atoms with Gasteiger partial charge in [0.2, 0.25) is 0 Å². The van der Waals surface area contributed by atoms with Crippen LogP contribution in [-0.2, 0) is 10.8 Å². The summed E-state index contributed by atoms with van der Waals surface area (Å²) < 4.78 is 12.4. The molecule has 0 aromatic heterocycles. The molecule has 0 aromatic rings. The van der Waals surface area contributed by atoms with E-state index in [4.69, 9.17) is 0 Å². The molecule has 0 saturated heterocycles. The molecule has 2 aliphatic rings. The molecule has 100 valence electrons. The normalized spacial score (nSPS) is 25.7. The van der Waals surface area contributed by atoms with Gasteiger partial charge in [-0.2, -0.15) is 0 Å². The van der Waals surface area contributed by atoms with E-state index in [9.17, 15) is 4.21 Å². The third-order valence-electron chi connectivity index (χ3n) is 4.12. The Kier molecular flexibility index (Phi) is 5.49. The van der Waals surface area contributed by atoms with Crippen molar-refractivity contribution in [3.05, 3.63) is 0 Å². The molecule has 2 atom stereocenters. The number of rotatable bonds is 7. The van der Waals surface area contributed by atoms with E-state index in [-0.39, 0.29) is 0 Å². The van der Waals surface area contributed by atoms with Crippen LogP contribution in [0.2, 0.25) is 0 Å². The van der Waals surface area contributed by atoms with Crippen molar-refractivity contribution in [2.75, 3.05) is 12.3 Å². The first-order valence-electron chi connectivity index (χ1n) is 7.41. The van der Waals surface area contributed by atoms with Gasteiger partial charge in [-0.15, -0.1) is 0 Å². The topological polar surface area (TPSA) is 29.1 Å². The Hall–Kier alpha value is 0.110. The summed E-state index contributed by atoms with van der Waals surface area (Å²) in [6, 6.07) is 0.540. The van der Waals surface area contributed by atoms with Crippen LogP contribution in [0.5, 0.6) is 0 Å². The summed E-state index contributed by atoms with van der Waals surface area (Å²) in [5.41, 5.74) is 0. The fraction of sp³-hybridized carbons (Fsp3) is 1.00. The molecule has 2 saturated carbocycles. The first-order valence-corrected chi connectivity index (χ1v) is 8.80. The van der Waals surface area contributed by atoms with Gasteiger partial charge in [0.1, 0.15) is 0 Å². The molecular formula is C14H27NOS. The largest absolute Gasteiger partial charge is 0.313 e. The molecule has 0 aromatic carbocycles. The minimum atomic E-state index is -0.583. The second-order valence-corrected chi connectivity index (χ2v) is 7.47. The maximum atomic E-state index is 12.4. The molecule has 2 rings (SSSR count). The van der Waals surface area contributed by atoms with Gasteiger partial charge in [0.05, 0.1) is 0 Å². The van der Waals surface area contributed by atoms with Gasteiger partial charge in [-0.1, -0.05) is 26.2 Å². The molecule has 0 heterocycles. The number of hydrogen-bond donors (Lipinski definition) is 1. The van der Waals surface area contributed by atoms with E-state index in [0.717, 1.165) is 18.2 Å². The average Bonchev–Trinajstić information content (AvgIpc) is 3.19. The van der Waals surface area contributed by atoms with Gasteiger partial charge in [0, 0.05) is 27.8 Å². The third-order valence-corrected chi connectivity index (χ3v) is 6.02. The summed E-state index contributed by atoms with van der Waals surface area (Å²) in [5.74, 6) is 1.74. The van der Waals surface area contributed by atoms with Crippen LogP contribution in [0.1, 0.15) is 58.3 Å². The van der Waals surface area contributed by atoms with Crippen molar-refractivity contribution in [1.82, 2.24) is 5.32 Å². The van der Waals surface area contributed by atoms with Crippen molar-refractivity contribution < 1.29 is 4.21 Å². The van der Waals surface area contributed by atoms with Crippen LogP contribution < -0.4 is 5.32 Å². The Morgan fingerprint density at radius 3 is 2.47 bits per heavy atom. The fourth-order valence-electron chi connectivity index (χ4n) is 2.83. The van der Waals surface area contributed by atoms with E-state index in [0.29, 0.717) is 11.3 Å². The lowest BCUT2D eigenvalue weighted by atomic mass is 10.0. The highest BCUT2D eigenvalue weighted by Crippen LogP contribution is 2.34. The summed E-state index contributed by atoms with van der Waals surface area (Å²) in [5, 5.41) is 4.12. The predicted molar refractivity (Wildman–Crippen MR) is 74.7 cm³/mol. The van der Waals surface area contributed by atoms with E-state index < -0.39 is 10.8 Å². The van der Waals surface area contributed by atoms with Crippen molar-refractivity contribution in [1.29, 1.82) is 0 Å². The number of hydrogen-bond acceptors (Lipinski definition) is 2. The molecular weight excluding hydrogens is 230 g/mol. The molecule has 0 spiro atoms. The molecule has 0 bridgehead atoms. The Balaban J connectivity index is 1.77. The van der Waals surface area contributed by atoms with Gasteiger partial charge >= 0.3 is 0 Å². The van der Waals surface area contributed by atoms with Gasteiger partial charge in [0.15, 0.2) is 0 Å². The molecule has 17 heavy (non-hydrogen) atoms. The number of nitrogens with one attached hydrogen (secondary N) is 1. The van der Waals surface area contributed by atoms with Crippen LogP contribution in [0.3, 0.4) is 0 Å². The van der Waals surface area contributed by atoms with E-state index in [1.54, 1.807) is 0 Å². The summed E-state index contributed by atoms with van der Waals surface area (Å²) in [7, 11) is -0.583. The Morgan fingerprint density at radius 2 is 1.88 bits per heavy atom. The van der Waals surface area contributed by atoms with Gasteiger partial charge in [-0.3, -0.25) is 4.21 Å². The lowest BCUT2D eigenvalue weighted by Crippen LogP contribution is -2.38. The van der Waals surface area contributed by atoms with Crippen molar-refractivity contribution in [3.8, 4) is 0 Å². The Labute approximate surface area is 108 Å². The zero-order valence-corrected chi connectivity index (χ0v) is 11.9. The maximum absolute atomic E-state index is 12.4. The zero-order chi connectivity index (χ0) is 12.1. The van der Waals surface area contributed by atoms with E-state index in [1.165, 1.54) is 51.4 Å². The predicted octanol–water partition coefficient (Wildman–Crippen LogP) is 2.85. The van der Waals surface area contributed by atoms with Crippen LogP contribution in [0.25, 0.3) is 0 Å². The molecule has 3 heteroatoms. The second-order valence-electron chi connectivity index (χ2n) is 5.71. The minimum absolute atomic E-state index is 0.508. The lowest BCUT2D eigenvalue weighted by molar-refractivity contribution is 0.482. The quantitative estimate of drug-likeness (QED) is 0.760. The zero-order valence-electron chi connectivity index (χ0n) is 11.1. The average molecular weight is 257 g/mol. The van der Waals surface area contributed by atoms with Gasteiger partial charge < -0.3 is 5.32 Å². The highest BCUT2D eigenvalue weighted by atomic mass is 32.2. The summed E-state index contributed by atoms with van der Waals surface area (Å²) in [4.78, 5) is 0. The van der Waals surface area contributed by atoms with Crippen LogP contribution in [-0.4, -0.2) is 27.8 Å². The van der Waals surface area contributed by atoms with Gasteiger partial charge in [-0.25, -0.2) is 0 Å². The second kappa shape index (κ2) is 6.89. The Morgan fingerprint density at radius 1 is 1.18 bits per heavy atom. The molecule has 2 nitrogen and oxygen atoms in total. The van der Waals surface area contributed by atoms with Crippen molar-refractivity contribution in [2.45, 2.75) is 69.6 Å². The maximum Gasteiger partial charge on any atom is 0.0394 e. The molecule has 2 aliphatic carbocycles. The minimum Gasteiger partial charge on any atom is -0.313 e. The summed E-state index contributed by atoms with van der Waals surface area (Å²) >= 11 is 0. The van der Waals surface area contributed by atoms with Crippen molar-refractivity contribution in [2.24, 2.45) is 5.92 Å². The molecule has 2 fully saturated rings. The van der Waals surface area contributed by atoms with Gasteiger partial charge in [-0.05, 0) is 44.6 Å². The SMILES string of the molecule is CCCNC(CS(=O)C1CCCCC1)C1CC1. The highest BCUT2D eigenvalue weighted by molar-refractivity contribution is 7.85. The molecule has 2 unspecified atom stereocenters. The monoisotopic (exact) mass is 257 g/mol. The van der Waals surface area contributed by atoms with Crippen molar-refractivity contribution >= 4 is 10.8 Å². The first kappa shape index (κ1) is 13.5. The summed E-state index contributed by atoms with van der Waals surface area (Å²) in [6.07, 6.45) is 10.2. The van der Waals surface area contributed by atoms with Gasteiger partial charge in [0.25, 0.3) is 0 Å². The first-order chi connectivity index (χ1) is 8.31. The summed E-state index contributed by atoms with van der Waals surface area (Å²) in [6.45, 7) is 3.29. The lowest BCUT2D eigenvalue weighted by Gasteiger charge is -2.24. The molecule has 0 aliphatic heterocycles. The molecule has 1 N–H and O–H groups in total. The van der Waals surface area contributed by atoms with E-state index in [1.807, 2.05) is 0 Å². The van der Waals surface area contributed by atoms with Crippen LogP contribution in [0, 0.1) is 5.92 Å². The van der Waals surface area contributed by atoms with Crippen LogP contribution >= 0.6 is 0 Å². The molecule has 0 radical (unpaired) electrons. The Bertz CT molecular complexity index is 247. The van der Waals surface area contributed by atoms with E-state index in [2.05, 4.69) is 12.2 Å².